The van der Waals surface area contributed by atoms with Crippen LogP contribution < -0.4 is 15.4 Å². The Morgan fingerprint density at radius 1 is 1.32 bits per heavy atom. The zero-order chi connectivity index (χ0) is 24.5. The lowest BCUT2D eigenvalue weighted by Gasteiger charge is -2.33. The van der Waals surface area contributed by atoms with Gasteiger partial charge in [-0.25, -0.2) is 18.1 Å². The molecule has 2 atom stereocenters. The second-order valence-electron chi connectivity index (χ2n) is 7.60. The summed E-state index contributed by atoms with van der Waals surface area (Å²) in [7, 11) is 1.85. The minimum atomic E-state index is -0.497. The number of carbonyl (C=O) groups is 2. The largest absolute Gasteiger partial charge is 0.355 e. The van der Waals surface area contributed by atoms with Crippen molar-refractivity contribution in [1.29, 1.82) is 0 Å². The van der Waals surface area contributed by atoms with E-state index in [1.165, 1.54) is 30.3 Å². The molecule has 0 aliphatic carbocycles. The second kappa shape index (κ2) is 12.5. The van der Waals surface area contributed by atoms with Crippen molar-refractivity contribution in [1.82, 2.24) is 24.1 Å². The lowest BCUT2D eigenvalue weighted by atomic mass is 10.1. The van der Waals surface area contributed by atoms with Crippen LogP contribution >= 0.6 is 23.7 Å². The van der Waals surface area contributed by atoms with Crippen molar-refractivity contribution in [2.24, 2.45) is 0 Å². The highest BCUT2D eigenvalue weighted by molar-refractivity contribution is 7.95. The highest BCUT2D eigenvalue weighted by Gasteiger charge is 2.30. The van der Waals surface area contributed by atoms with Crippen LogP contribution in [0.3, 0.4) is 0 Å². The van der Waals surface area contributed by atoms with Gasteiger partial charge in [-0.2, -0.15) is 5.10 Å². The van der Waals surface area contributed by atoms with Gasteiger partial charge in [-0.1, -0.05) is 29.8 Å². The van der Waals surface area contributed by atoms with E-state index in [1.54, 1.807) is 10.9 Å². The maximum absolute atomic E-state index is 13.0. The first kappa shape index (κ1) is 25.7. The zero-order valence-electron chi connectivity index (χ0n) is 18.7. The molecule has 3 N–H and O–H groups in total. The Kier molecular flexibility index (Phi) is 9.46. The first-order chi connectivity index (χ1) is 16.4. The number of likely N-dealkylation sites (N-methyl/N-ethyl adjacent to an activating group) is 1. The molecule has 180 valence electrons. The average Bonchev–Trinajstić information content (AvgIpc) is 3.37. The Morgan fingerprint density at radius 3 is 2.82 bits per heavy atom. The van der Waals surface area contributed by atoms with Gasteiger partial charge < -0.3 is 10.6 Å². The van der Waals surface area contributed by atoms with Crippen LogP contribution in [0.1, 0.15) is 18.9 Å². The fourth-order valence-electron chi connectivity index (χ4n) is 3.29. The van der Waals surface area contributed by atoms with E-state index in [4.69, 9.17) is 11.6 Å². The maximum atomic E-state index is 13.0. The molecule has 2 aromatic carbocycles. The summed E-state index contributed by atoms with van der Waals surface area (Å²) in [5, 5.41) is 9.56. The van der Waals surface area contributed by atoms with Gasteiger partial charge in [0.25, 0.3) is 0 Å². The number of nitrogens with zero attached hydrogens (tertiary/aromatic N) is 3. The van der Waals surface area contributed by atoms with Crippen LogP contribution in [0.15, 0.2) is 60.9 Å². The topological polar surface area (TPSA) is 91.3 Å². The van der Waals surface area contributed by atoms with Gasteiger partial charge in [-0.05, 0) is 56.3 Å². The number of amides is 2. The number of anilines is 1. The van der Waals surface area contributed by atoms with E-state index in [1.807, 2.05) is 54.8 Å². The molecule has 1 aromatic heterocycles. The number of aromatic nitrogens is 2. The molecule has 2 amide bonds. The van der Waals surface area contributed by atoms with Crippen LogP contribution in [0.5, 0.6) is 0 Å². The van der Waals surface area contributed by atoms with Gasteiger partial charge in [0.15, 0.2) is 0 Å². The monoisotopic (exact) mass is 504 g/mol. The predicted molar refractivity (Wildman–Crippen MR) is 133 cm³/mol. The average molecular weight is 505 g/mol. The van der Waals surface area contributed by atoms with Crippen LogP contribution in [-0.2, 0) is 16.1 Å². The lowest BCUT2D eigenvalue weighted by Crippen LogP contribution is -2.48. The fraction of sp³-hybridized carbons (Fsp3) is 0.261. The first-order valence-corrected chi connectivity index (χ1v) is 11.7. The van der Waals surface area contributed by atoms with Crippen molar-refractivity contribution in [2.75, 3.05) is 12.4 Å². The van der Waals surface area contributed by atoms with Gasteiger partial charge in [-0.3, -0.25) is 9.59 Å². The van der Waals surface area contributed by atoms with Crippen LogP contribution in [0.25, 0.3) is 5.69 Å². The van der Waals surface area contributed by atoms with E-state index >= 15 is 0 Å². The van der Waals surface area contributed by atoms with Gasteiger partial charge in [0, 0.05) is 42.8 Å². The Labute approximate surface area is 207 Å². The number of hydrogen-bond acceptors (Lipinski definition) is 6. The number of carbonyl (C=O) groups excluding carboxylic acids is 2. The molecule has 0 radical (unpaired) electrons. The number of nitrogens with one attached hydrogen (secondary N) is 3. The van der Waals surface area contributed by atoms with E-state index in [0.29, 0.717) is 25.1 Å². The van der Waals surface area contributed by atoms with E-state index in [0.717, 1.165) is 11.3 Å². The molecular formula is C23H26ClFN6O2S. The van der Waals surface area contributed by atoms with Gasteiger partial charge in [0.1, 0.15) is 11.9 Å². The molecule has 1 aliphatic heterocycles. The molecule has 0 saturated carbocycles. The second-order valence-corrected chi connectivity index (χ2v) is 9.01. The molecule has 2 unspecified atom stereocenters. The summed E-state index contributed by atoms with van der Waals surface area (Å²) in [6, 6.07) is 13.9. The summed E-state index contributed by atoms with van der Waals surface area (Å²) in [6.07, 6.45) is 5.01. The van der Waals surface area contributed by atoms with Gasteiger partial charge in [-0.15, -0.1) is 0 Å². The van der Waals surface area contributed by atoms with E-state index in [-0.39, 0.29) is 23.0 Å². The summed E-state index contributed by atoms with van der Waals surface area (Å²) in [6.45, 7) is 2.54. The smallest absolute Gasteiger partial charge is 0.242 e. The van der Waals surface area contributed by atoms with Crippen LogP contribution in [0.2, 0.25) is 5.02 Å². The van der Waals surface area contributed by atoms with Crippen molar-refractivity contribution in [3.8, 4) is 5.69 Å². The van der Waals surface area contributed by atoms with Crippen LogP contribution in [0.4, 0.5) is 10.1 Å². The molecule has 1 fully saturated rings. The summed E-state index contributed by atoms with van der Waals surface area (Å²) < 4.78 is 19.9. The molecule has 4 rings (SSSR count). The van der Waals surface area contributed by atoms with E-state index in [9.17, 15) is 14.0 Å². The molecule has 0 spiro atoms. The third-order valence-corrected chi connectivity index (χ3v) is 6.36. The van der Waals surface area contributed by atoms with Crippen molar-refractivity contribution in [3.05, 3.63) is 77.3 Å². The molecular weight excluding hydrogens is 479 g/mol. The van der Waals surface area contributed by atoms with Crippen molar-refractivity contribution >= 4 is 41.7 Å². The Morgan fingerprint density at radius 2 is 2.12 bits per heavy atom. The van der Waals surface area contributed by atoms with E-state index in [2.05, 4.69) is 20.5 Å². The molecule has 1 saturated heterocycles. The summed E-state index contributed by atoms with van der Waals surface area (Å²) in [5.41, 5.74) is 2.52. The molecule has 11 heteroatoms. The predicted octanol–water partition coefficient (Wildman–Crippen LogP) is 3.78. The van der Waals surface area contributed by atoms with Crippen LogP contribution in [-0.4, -0.2) is 45.5 Å². The standard InChI is InChI=1S/C12H15ClFN3OS.C11H11N3O/c1-7-5-11(17(2)19-16-7)12(18)15-8-3-4-10(14)9(13)6-8;15-9-12-8-10-4-1-2-5-11(10)14-7-3-6-13-14/h3-4,6-7,11,16H,5H2,1-2H3,(H,15,18);1-7,9H,8H2,(H,12,15). The highest BCUT2D eigenvalue weighted by Crippen LogP contribution is 2.23. The van der Waals surface area contributed by atoms with Gasteiger partial charge >= 0.3 is 0 Å². The van der Waals surface area contributed by atoms with Crippen molar-refractivity contribution in [3.63, 3.8) is 0 Å². The lowest BCUT2D eigenvalue weighted by molar-refractivity contribution is -0.119. The number of benzene rings is 2. The molecule has 1 aliphatic rings. The summed E-state index contributed by atoms with van der Waals surface area (Å²) in [4.78, 5) is 22.4. The summed E-state index contributed by atoms with van der Waals surface area (Å²) in [5.74, 6) is -0.617. The molecule has 0 bridgehead atoms. The van der Waals surface area contributed by atoms with Crippen molar-refractivity contribution < 1.29 is 14.0 Å². The van der Waals surface area contributed by atoms with Crippen molar-refractivity contribution in [2.45, 2.75) is 32.0 Å². The molecule has 34 heavy (non-hydrogen) atoms. The minimum absolute atomic E-state index is 0.000733. The third-order valence-electron chi connectivity index (χ3n) is 5.02. The summed E-state index contributed by atoms with van der Waals surface area (Å²) >= 11 is 7.10. The van der Waals surface area contributed by atoms with Crippen LogP contribution in [0, 0.1) is 5.82 Å². The molecule has 2 heterocycles. The molecule has 8 nitrogen and oxygen atoms in total. The first-order valence-electron chi connectivity index (χ1n) is 10.5. The quantitative estimate of drug-likeness (QED) is 0.349. The third kappa shape index (κ3) is 7.04. The molecule has 3 aromatic rings. The number of halogens is 2. The normalized spacial score (nSPS) is 17.9. The zero-order valence-corrected chi connectivity index (χ0v) is 20.3. The van der Waals surface area contributed by atoms with Gasteiger partial charge in [0.05, 0.1) is 10.7 Å². The van der Waals surface area contributed by atoms with E-state index < -0.39 is 5.82 Å². The Balaban J connectivity index is 0.000000196. The minimum Gasteiger partial charge on any atom is -0.355 e. The number of para-hydroxylation sites is 1. The highest BCUT2D eigenvalue weighted by atomic mass is 35.5. The Hall–Kier alpha value is -2.92. The maximum Gasteiger partial charge on any atom is 0.242 e. The SMILES string of the molecule is CC1CC(C(=O)Nc2ccc(F)c(Cl)c2)N(C)SN1.O=CNCc1ccccc1-n1cccn1. The number of hydrogen-bond donors (Lipinski definition) is 3. The number of rotatable bonds is 6. The fourth-order valence-corrected chi connectivity index (χ4v) is 4.22. The Bertz CT molecular complexity index is 1100. The van der Waals surface area contributed by atoms with Gasteiger partial charge in [0.2, 0.25) is 12.3 Å².